The van der Waals surface area contributed by atoms with Crippen LogP contribution in [0, 0.1) is 23.0 Å². The summed E-state index contributed by atoms with van der Waals surface area (Å²) in [5, 5.41) is 7.99. The van der Waals surface area contributed by atoms with Crippen LogP contribution in [-0.2, 0) is 14.3 Å². The lowest BCUT2D eigenvalue weighted by Crippen LogP contribution is -2.55. The molecule has 0 aromatic heterocycles. The van der Waals surface area contributed by atoms with Crippen LogP contribution in [0.5, 0.6) is 0 Å². The summed E-state index contributed by atoms with van der Waals surface area (Å²) in [5.41, 5.74) is 0.0567. The van der Waals surface area contributed by atoms with E-state index in [1.807, 2.05) is 25.7 Å². The molecule has 9 nitrogen and oxygen atoms in total. The Morgan fingerprint density at radius 2 is 1.74 bits per heavy atom. The number of piperidine rings is 3. The third kappa shape index (κ3) is 7.51. The lowest BCUT2D eigenvalue weighted by atomic mass is 9.60. The second-order valence-corrected chi connectivity index (χ2v) is 13.7. The van der Waals surface area contributed by atoms with E-state index in [1.54, 1.807) is 0 Å². The summed E-state index contributed by atoms with van der Waals surface area (Å²) in [4.78, 5) is 39.8. The van der Waals surface area contributed by atoms with E-state index in [9.17, 15) is 18.8 Å². The molecule has 3 N–H and O–H groups in total. The number of anilines is 2. The molecule has 1 atom stereocenters. The summed E-state index contributed by atoms with van der Waals surface area (Å²) in [5.74, 6) is -1.45. The minimum absolute atomic E-state index is 0.0688. The van der Waals surface area contributed by atoms with Crippen molar-refractivity contribution in [3.05, 3.63) is 23.8 Å². The van der Waals surface area contributed by atoms with Crippen LogP contribution >= 0.6 is 0 Å². The Morgan fingerprint density at radius 3 is 2.38 bits per heavy atom. The predicted octanol–water partition coefficient (Wildman–Crippen LogP) is 4.56. The van der Waals surface area contributed by atoms with E-state index in [4.69, 9.17) is 4.74 Å². The first kappa shape index (κ1) is 30.5. The van der Waals surface area contributed by atoms with Crippen LogP contribution in [0.15, 0.2) is 12.1 Å². The standard InChI is InChI=1S/C31H45F2N5O4/c1-30(2,3)42-29(41)34-21-18-31(19-21)9-14-37(15-10-31)11-6-20-7-12-38(13-8-20)26-17-22(32)25(16-23(26)33)35-24-4-5-27(39)36-28(24)40/h16-17,20-21,24,35H,4-15,18-19H2,1-3H3,(H,34,41)(H,36,39,40). The number of nitrogens with one attached hydrogen (secondary N) is 3. The largest absolute Gasteiger partial charge is 0.444 e. The number of halogens is 2. The molecule has 4 aliphatic rings. The van der Waals surface area contributed by atoms with Crippen molar-refractivity contribution in [2.75, 3.05) is 42.9 Å². The molecule has 1 aromatic rings. The number of carbonyl (C=O) groups excluding carboxylic acids is 3. The lowest BCUT2D eigenvalue weighted by molar-refractivity contribution is -0.133. The van der Waals surface area contributed by atoms with Gasteiger partial charge in [0.2, 0.25) is 11.8 Å². The zero-order chi connectivity index (χ0) is 30.1. The predicted molar refractivity (Wildman–Crippen MR) is 156 cm³/mol. The molecule has 1 saturated carbocycles. The fourth-order valence-electron chi connectivity index (χ4n) is 6.96. The Morgan fingerprint density at radius 1 is 1.05 bits per heavy atom. The molecule has 3 aliphatic heterocycles. The third-order valence-electron chi connectivity index (χ3n) is 9.41. The van der Waals surface area contributed by atoms with E-state index in [2.05, 4.69) is 20.9 Å². The number of nitrogens with zero attached hydrogens (tertiary/aromatic N) is 2. The van der Waals surface area contributed by atoms with Gasteiger partial charge in [0.1, 0.15) is 23.3 Å². The smallest absolute Gasteiger partial charge is 0.407 e. The van der Waals surface area contributed by atoms with E-state index in [0.29, 0.717) is 24.4 Å². The number of alkyl carbamates (subject to hydrolysis) is 1. The summed E-state index contributed by atoms with van der Waals surface area (Å²) in [6.45, 7) is 10.2. The average molecular weight is 590 g/mol. The maximum absolute atomic E-state index is 15.0. The van der Waals surface area contributed by atoms with E-state index in [1.165, 1.54) is 6.07 Å². The SMILES string of the molecule is CC(C)(C)OC(=O)NC1CC2(CCN(CCC3CCN(c4cc(F)c(NC5CCC(=O)NC5=O)cc4F)CC3)CC2)C1. The number of hydrogen-bond acceptors (Lipinski definition) is 7. The number of carbonyl (C=O) groups is 3. The molecule has 11 heteroatoms. The van der Waals surface area contributed by atoms with Crippen molar-refractivity contribution < 1.29 is 27.9 Å². The van der Waals surface area contributed by atoms with Crippen molar-refractivity contribution in [2.24, 2.45) is 11.3 Å². The molecule has 4 fully saturated rings. The maximum atomic E-state index is 15.0. The first-order valence-electron chi connectivity index (χ1n) is 15.4. The topological polar surface area (TPSA) is 103 Å². The zero-order valence-corrected chi connectivity index (χ0v) is 25.1. The highest BCUT2D eigenvalue weighted by Crippen LogP contribution is 2.49. The molecule has 1 unspecified atom stereocenters. The van der Waals surface area contributed by atoms with Gasteiger partial charge in [-0.2, -0.15) is 0 Å². The Balaban J connectivity index is 1.01. The van der Waals surface area contributed by atoms with Gasteiger partial charge in [-0.1, -0.05) is 0 Å². The van der Waals surface area contributed by atoms with Gasteiger partial charge in [-0.3, -0.25) is 14.9 Å². The fourth-order valence-corrected chi connectivity index (χ4v) is 6.96. The van der Waals surface area contributed by atoms with Crippen LogP contribution in [0.3, 0.4) is 0 Å². The van der Waals surface area contributed by atoms with E-state index in [0.717, 1.165) is 70.6 Å². The van der Waals surface area contributed by atoms with Crippen LogP contribution in [0.25, 0.3) is 0 Å². The second kappa shape index (κ2) is 12.3. The Bertz CT molecular complexity index is 1160. The summed E-state index contributed by atoms with van der Waals surface area (Å²) >= 11 is 0. The first-order valence-corrected chi connectivity index (χ1v) is 15.4. The van der Waals surface area contributed by atoms with Gasteiger partial charge in [0.05, 0.1) is 11.4 Å². The van der Waals surface area contributed by atoms with Crippen molar-refractivity contribution in [2.45, 2.75) is 96.2 Å². The molecular weight excluding hydrogens is 544 g/mol. The third-order valence-corrected chi connectivity index (χ3v) is 9.41. The van der Waals surface area contributed by atoms with Gasteiger partial charge < -0.3 is 25.2 Å². The number of imide groups is 1. The van der Waals surface area contributed by atoms with Gasteiger partial charge in [-0.25, -0.2) is 13.6 Å². The normalized spacial score (nSPS) is 23.8. The molecule has 0 radical (unpaired) electrons. The highest BCUT2D eigenvalue weighted by molar-refractivity contribution is 6.01. The van der Waals surface area contributed by atoms with E-state index in [-0.39, 0.29) is 42.3 Å². The summed E-state index contributed by atoms with van der Waals surface area (Å²) < 4.78 is 35.3. The quantitative estimate of drug-likeness (QED) is 0.401. The Labute approximate surface area is 247 Å². The molecule has 232 valence electrons. The van der Waals surface area contributed by atoms with Crippen molar-refractivity contribution in [3.8, 4) is 0 Å². The highest BCUT2D eigenvalue weighted by Gasteiger charge is 2.46. The molecule has 3 amide bonds. The number of rotatable bonds is 7. The minimum atomic E-state index is -0.768. The Kier molecular flexibility index (Phi) is 8.97. The zero-order valence-electron chi connectivity index (χ0n) is 25.1. The van der Waals surface area contributed by atoms with Crippen molar-refractivity contribution in [1.82, 2.24) is 15.5 Å². The summed E-state index contributed by atoms with van der Waals surface area (Å²) in [7, 11) is 0. The molecule has 42 heavy (non-hydrogen) atoms. The van der Waals surface area contributed by atoms with Gasteiger partial charge in [-0.15, -0.1) is 0 Å². The van der Waals surface area contributed by atoms with Gasteiger partial charge in [0.15, 0.2) is 0 Å². The fraction of sp³-hybridized carbons (Fsp3) is 0.710. The van der Waals surface area contributed by atoms with Gasteiger partial charge in [-0.05, 0) is 103 Å². The number of ether oxygens (including phenoxy) is 1. The van der Waals surface area contributed by atoms with Crippen molar-refractivity contribution in [1.29, 1.82) is 0 Å². The van der Waals surface area contributed by atoms with Gasteiger partial charge >= 0.3 is 6.09 Å². The molecular formula is C31H45F2N5O4. The van der Waals surface area contributed by atoms with Crippen LogP contribution in [0.1, 0.15) is 78.6 Å². The minimum Gasteiger partial charge on any atom is -0.444 e. The van der Waals surface area contributed by atoms with Crippen LogP contribution in [-0.4, -0.2) is 73.2 Å². The lowest BCUT2D eigenvalue weighted by Gasteiger charge is -2.52. The average Bonchev–Trinajstić information content (AvgIpc) is 2.90. The van der Waals surface area contributed by atoms with Gasteiger partial charge in [0, 0.05) is 37.7 Å². The number of benzene rings is 1. The van der Waals surface area contributed by atoms with Gasteiger partial charge in [0.25, 0.3) is 0 Å². The summed E-state index contributed by atoms with van der Waals surface area (Å²) in [6, 6.07) is 1.77. The maximum Gasteiger partial charge on any atom is 0.407 e. The molecule has 5 rings (SSSR count). The molecule has 1 aromatic carbocycles. The van der Waals surface area contributed by atoms with Crippen molar-refractivity contribution >= 4 is 29.3 Å². The second-order valence-electron chi connectivity index (χ2n) is 13.7. The van der Waals surface area contributed by atoms with Crippen LogP contribution in [0.4, 0.5) is 25.0 Å². The number of amides is 3. The highest BCUT2D eigenvalue weighted by atomic mass is 19.1. The number of likely N-dealkylation sites (tertiary alicyclic amines) is 1. The summed E-state index contributed by atoms with van der Waals surface area (Å²) in [6.07, 6.45) is 7.45. The van der Waals surface area contributed by atoms with Crippen LogP contribution < -0.4 is 20.9 Å². The molecule has 0 bridgehead atoms. The van der Waals surface area contributed by atoms with Crippen molar-refractivity contribution in [3.63, 3.8) is 0 Å². The monoisotopic (exact) mass is 589 g/mol. The molecule has 1 aliphatic carbocycles. The molecule has 3 heterocycles. The first-order chi connectivity index (χ1) is 19.9. The molecule has 1 spiro atoms. The Hall–Kier alpha value is -2.95. The molecule has 3 saturated heterocycles. The van der Waals surface area contributed by atoms with Crippen LogP contribution in [0.2, 0.25) is 0 Å². The van der Waals surface area contributed by atoms with E-state index >= 15 is 4.39 Å². The van der Waals surface area contributed by atoms with E-state index < -0.39 is 29.2 Å². The number of hydrogen-bond donors (Lipinski definition) is 3.